The van der Waals surface area contributed by atoms with E-state index in [2.05, 4.69) is 26.1 Å². The van der Waals surface area contributed by atoms with Gasteiger partial charge in [-0.3, -0.25) is 0 Å². The van der Waals surface area contributed by atoms with Crippen molar-refractivity contribution in [3.05, 3.63) is 22.8 Å². The molecule has 0 amide bonds. The van der Waals surface area contributed by atoms with E-state index in [9.17, 15) is 0 Å². The minimum Gasteiger partial charge on any atom is -0.370 e. The Labute approximate surface area is 122 Å². The highest BCUT2D eigenvalue weighted by Crippen LogP contribution is 2.42. The first-order valence-electron chi connectivity index (χ1n) is 7.83. The SMILES string of the molecule is CCCNCc1c(C)nc(C(OCC)C2CC2)nc1C. The van der Waals surface area contributed by atoms with E-state index in [4.69, 9.17) is 14.7 Å². The highest BCUT2D eigenvalue weighted by molar-refractivity contribution is 5.25. The first kappa shape index (κ1) is 15.4. The lowest BCUT2D eigenvalue weighted by atomic mass is 10.1. The van der Waals surface area contributed by atoms with Gasteiger partial charge in [0.15, 0.2) is 5.82 Å². The van der Waals surface area contributed by atoms with Gasteiger partial charge in [-0.1, -0.05) is 6.92 Å². The van der Waals surface area contributed by atoms with Crippen molar-refractivity contribution in [2.24, 2.45) is 5.92 Å². The quantitative estimate of drug-likeness (QED) is 0.742. The molecule has 0 saturated heterocycles. The molecule has 1 aromatic rings. The predicted octanol–water partition coefficient (Wildman–Crippen LogP) is 3.08. The van der Waals surface area contributed by atoms with Gasteiger partial charge in [-0.2, -0.15) is 0 Å². The minimum absolute atomic E-state index is 0.0926. The molecule has 1 heterocycles. The Balaban J connectivity index is 2.15. The molecule has 112 valence electrons. The molecule has 1 N–H and O–H groups in total. The fraction of sp³-hybridized carbons (Fsp3) is 0.750. The number of nitrogens with one attached hydrogen (secondary N) is 1. The van der Waals surface area contributed by atoms with Gasteiger partial charge in [-0.15, -0.1) is 0 Å². The monoisotopic (exact) mass is 277 g/mol. The van der Waals surface area contributed by atoms with Crippen LogP contribution >= 0.6 is 0 Å². The van der Waals surface area contributed by atoms with Gasteiger partial charge in [0.25, 0.3) is 0 Å². The maximum Gasteiger partial charge on any atom is 0.157 e. The molecule has 1 unspecified atom stereocenters. The van der Waals surface area contributed by atoms with Crippen LogP contribution in [0.25, 0.3) is 0 Å². The summed E-state index contributed by atoms with van der Waals surface area (Å²) in [5.74, 6) is 1.50. The van der Waals surface area contributed by atoms with Crippen molar-refractivity contribution in [1.29, 1.82) is 0 Å². The smallest absolute Gasteiger partial charge is 0.157 e. The Bertz CT molecular complexity index is 420. The van der Waals surface area contributed by atoms with E-state index < -0.39 is 0 Å². The van der Waals surface area contributed by atoms with E-state index >= 15 is 0 Å². The second-order valence-corrected chi connectivity index (χ2v) is 5.62. The van der Waals surface area contributed by atoms with Crippen LogP contribution in [0.4, 0.5) is 0 Å². The summed E-state index contributed by atoms with van der Waals surface area (Å²) in [6.07, 6.45) is 3.72. The Hall–Kier alpha value is -1.00. The molecule has 0 aliphatic heterocycles. The van der Waals surface area contributed by atoms with Crippen molar-refractivity contribution in [3.63, 3.8) is 0 Å². The number of aromatic nitrogens is 2. The summed E-state index contributed by atoms with van der Waals surface area (Å²) in [4.78, 5) is 9.43. The van der Waals surface area contributed by atoms with Crippen LogP contribution in [0.5, 0.6) is 0 Å². The predicted molar refractivity (Wildman–Crippen MR) is 80.6 cm³/mol. The van der Waals surface area contributed by atoms with Crippen molar-refractivity contribution in [1.82, 2.24) is 15.3 Å². The fourth-order valence-electron chi connectivity index (χ4n) is 2.54. The van der Waals surface area contributed by atoms with Crippen LogP contribution in [0, 0.1) is 19.8 Å². The zero-order valence-corrected chi connectivity index (χ0v) is 13.2. The van der Waals surface area contributed by atoms with Crippen molar-refractivity contribution in [3.8, 4) is 0 Å². The molecule has 1 aliphatic rings. The average Bonchev–Trinajstić information content (AvgIpc) is 3.23. The maximum atomic E-state index is 5.86. The minimum atomic E-state index is 0.0926. The number of rotatable bonds is 8. The topological polar surface area (TPSA) is 47.0 Å². The average molecular weight is 277 g/mol. The lowest BCUT2D eigenvalue weighted by molar-refractivity contribution is 0.0397. The number of nitrogens with zero attached hydrogens (tertiary/aromatic N) is 2. The summed E-state index contributed by atoms with van der Waals surface area (Å²) in [7, 11) is 0. The Morgan fingerprint density at radius 3 is 2.35 bits per heavy atom. The highest BCUT2D eigenvalue weighted by atomic mass is 16.5. The zero-order chi connectivity index (χ0) is 14.5. The van der Waals surface area contributed by atoms with Crippen LogP contribution in [0.15, 0.2) is 0 Å². The molecule has 1 atom stereocenters. The van der Waals surface area contributed by atoms with Crippen molar-refractivity contribution >= 4 is 0 Å². The Kier molecular flexibility index (Phi) is 5.49. The molecular weight excluding hydrogens is 250 g/mol. The summed E-state index contributed by atoms with van der Waals surface area (Å²) in [5.41, 5.74) is 3.40. The van der Waals surface area contributed by atoms with E-state index in [0.29, 0.717) is 5.92 Å². The number of ether oxygens (including phenoxy) is 1. The van der Waals surface area contributed by atoms with Crippen molar-refractivity contribution < 1.29 is 4.74 Å². The molecule has 20 heavy (non-hydrogen) atoms. The summed E-state index contributed by atoms with van der Waals surface area (Å²) < 4.78 is 5.86. The highest BCUT2D eigenvalue weighted by Gasteiger charge is 2.35. The Morgan fingerprint density at radius 1 is 1.20 bits per heavy atom. The van der Waals surface area contributed by atoms with Crippen LogP contribution in [0.1, 0.15) is 62.0 Å². The van der Waals surface area contributed by atoms with Gasteiger partial charge < -0.3 is 10.1 Å². The molecule has 1 saturated carbocycles. The van der Waals surface area contributed by atoms with Gasteiger partial charge in [-0.05, 0) is 52.5 Å². The van der Waals surface area contributed by atoms with E-state index in [-0.39, 0.29) is 6.10 Å². The third-order valence-corrected chi connectivity index (χ3v) is 3.82. The Morgan fingerprint density at radius 2 is 1.85 bits per heavy atom. The second kappa shape index (κ2) is 7.14. The molecule has 4 nitrogen and oxygen atoms in total. The van der Waals surface area contributed by atoms with E-state index in [1.165, 1.54) is 18.4 Å². The van der Waals surface area contributed by atoms with Crippen molar-refractivity contribution in [2.75, 3.05) is 13.2 Å². The second-order valence-electron chi connectivity index (χ2n) is 5.62. The van der Waals surface area contributed by atoms with Crippen molar-refractivity contribution in [2.45, 2.75) is 59.6 Å². The first-order chi connectivity index (χ1) is 9.67. The molecule has 0 aromatic carbocycles. The van der Waals surface area contributed by atoms with Gasteiger partial charge in [0.05, 0.1) is 0 Å². The molecular formula is C16H27N3O. The first-order valence-corrected chi connectivity index (χ1v) is 7.83. The summed E-state index contributed by atoms with van der Waals surface area (Å²) in [6.45, 7) is 11.0. The van der Waals surface area contributed by atoms with Gasteiger partial charge in [0, 0.05) is 30.1 Å². The fourth-order valence-corrected chi connectivity index (χ4v) is 2.54. The molecule has 1 aliphatic carbocycles. The lowest BCUT2D eigenvalue weighted by Crippen LogP contribution is -2.19. The maximum absolute atomic E-state index is 5.86. The zero-order valence-electron chi connectivity index (χ0n) is 13.2. The van der Waals surface area contributed by atoms with Crippen LogP contribution in [0.3, 0.4) is 0 Å². The molecule has 0 bridgehead atoms. The van der Waals surface area contributed by atoms with E-state index in [1.807, 2.05) is 6.92 Å². The third-order valence-electron chi connectivity index (χ3n) is 3.82. The van der Waals surface area contributed by atoms with Gasteiger partial charge in [-0.25, -0.2) is 9.97 Å². The molecule has 1 aromatic heterocycles. The summed E-state index contributed by atoms with van der Waals surface area (Å²) in [6, 6.07) is 0. The van der Waals surface area contributed by atoms with Crippen LogP contribution in [0.2, 0.25) is 0 Å². The molecule has 2 rings (SSSR count). The summed E-state index contributed by atoms with van der Waals surface area (Å²) >= 11 is 0. The number of aryl methyl sites for hydroxylation is 2. The summed E-state index contributed by atoms with van der Waals surface area (Å²) in [5, 5.41) is 3.43. The van der Waals surface area contributed by atoms with Crippen LogP contribution < -0.4 is 5.32 Å². The van der Waals surface area contributed by atoms with E-state index in [1.54, 1.807) is 0 Å². The normalized spacial score (nSPS) is 16.4. The molecule has 1 fully saturated rings. The van der Waals surface area contributed by atoms with Gasteiger partial charge in [0.1, 0.15) is 6.10 Å². The number of hydrogen-bond donors (Lipinski definition) is 1. The molecule has 4 heteroatoms. The van der Waals surface area contributed by atoms with Crippen LogP contribution in [-0.4, -0.2) is 23.1 Å². The molecule has 0 radical (unpaired) electrons. The molecule has 0 spiro atoms. The third kappa shape index (κ3) is 3.76. The number of hydrogen-bond acceptors (Lipinski definition) is 4. The van der Waals surface area contributed by atoms with Crippen LogP contribution in [-0.2, 0) is 11.3 Å². The van der Waals surface area contributed by atoms with Gasteiger partial charge >= 0.3 is 0 Å². The largest absolute Gasteiger partial charge is 0.370 e. The van der Waals surface area contributed by atoms with Gasteiger partial charge in [0.2, 0.25) is 0 Å². The van der Waals surface area contributed by atoms with E-state index in [0.717, 1.165) is 43.3 Å². The lowest BCUT2D eigenvalue weighted by Gasteiger charge is -2.18. The standard InChI is InChI=1S/C16H27N3O/c1-5-9-17-10-14-11(3)18-16(19-12(14)4)15(20-6-2)13-7-8-13/h13,15,17H,5-10H2,1-4H3.